The number of carboxylic acids is 1. The second-order valence-electron chi connectivity index (χ2n) is 1.33. The van der Waals surface area contributed by atoms with E-state index in [-0.39, 0.29) is 0 Å². The lowest BCUT2D eigenvalue weighted by Gasteiger charge is -1.94. The Balaban J connectivity index is 4.28. The van der Waals surface area contributed by atoms with Crippen molar-refractivity contribution in [1.82, 2.24) is 0 Å². The first kappa shape index (κ1) is 7.77. The monoisotopic (exact) mass is 134 g/mol. The van der Waals surface area contributed by atoms with Gasteiger partial charge in [0.05, 0.1) is 0 Å². The Hall–Kier alpha value is -1.23. The maximum Gasteiger partial charge on any atom is 0.338 e. The summed E-state index contributed by atoms with van der Waals surface area (Å²) >= 11 is 0. The van der Waals surface area contributed by atoms with Crippen molar-refractivity contribution in [2.24, 2.45) is 0 Å². The average Bonchev–Trinajstić information content (AvgIpc) is 1.84. The number of carboxylic acid groups (broad SMARTS) is 1. The van der Waals surface area contributed by atoms with Crippen LogP contribution in [0.25, 0.3) is 0 Å². The molecule has 0 heterocycles. The molecule has 0 radical (unpaired) electrons. The SMILES string of the molecule is CC(C(=O)O)=C(O)OO. The van der Waals surface area contributed by atoms with Crippen molar-refractivity contribution < 1.29 is 25.2 Å². The summed E-state index contributed by atoms with van der Waals surface area (Å²) in [5.74, 6) is -2.34. The maximum absolute atomic E-state index is 9.89. The van der Waals surface area contributed by atoms with E-state index in [4.69, 9.17) is 15.5 Å². The molecule has 0 rings (SSSR count). The summed E-state index contributed by atoms with van der Waals surface area (Å²) in [4.78, 5) is 13.1. The third-order valence-corrected chi connectivity index (χ3v) is 0.728. The minimum atomic E-state index is -1.35. The van der Waals surface area contributed by atoms with Crippen LogP contribution in [0.5, 0.6) is 0 Å². The van der Waals surface area contributed by atoms with Gasteiger partial charge in [-0.1, -0.05) is 0 Å². The molecule has 0 atom stereocenters. The molecule has 0 aromatic rings. The van der Waals surface area contributed by atoms with Crippen LogP contribution in [0.15, 0.2) is 11.5 Å². The molecule has 3 N–H and O–H groups in total. The van der Waals surface area contributed by atoms with E-state index >= 15 is 0 Å². The summed E-state index contributed by atoms with van der Waals surface area (Å²) < 4.78 is 0. The number of hydrogen-bond acceptors (Lipinski definition) is 4. The van der Waals surface area contributed by atoms with Gasteiger partial charge < -0.3 is 15.1 Å². The minimum Gasteiger partial charge on any atom is -0.478 e. The van der Waals surface area contributed by atoms with E-state index in [1.165, 1.54) is 0 Å². The van der Waals surface area contributed by atoms with E-state index < -0.39 is 17.5 Å². The molecule has 0 fully saturated rings. The van der Waals surface area contributed by atoms with Gasteiger partial charge in [-0.15, -0.1) is 0 Å². The molecule has 5 heteroatoms. The van der Waals surface area contributed by atoms with E-state index in [0.717, 1.165) is 6.92 Å². The van der Waals surface area contributed by atoms with Crippen LogP contribution in [-0.2, 0) is 9.68 Å². The molecule has 0 amide bonds. The van der Waals surface area contributed by atoms with Crippen LogP contribution in [0, 0.1) is 0 Å². The Morgan fingerprint density at radius 1 is 1.44 bits per heavy atom. The zero-order valence-corrected chi connectivity index (χ0v) is 4.66. The average molecular weight is 134 g/mol. The molecule has 9 heavy (non-hydrogen) atoms. The molecule has 0 saturated heterocycles. The number of aliphatic hydroxyl groups is 1. The van der Waals surface area contributed by atoms with Gasteiger partial charge >= 0.3 is 11.9 Å². The quantitative estimate of drug-likeness (QED) is 0.219. The fourth-order valence-electron chi connectivity index (χ4n) is 0.160. The van der Waals surface area contributed by atoms with E-state index in [1.807, 2.05) is 0 Å². The summed E-state index contributed by atoms with van der Waals surface area (Å²) in [7, 11) is 0. The highest BCUT2D eigenvalue weighted by molar-refractivity contribution is 5.85. The van der Waals surface area contributed by atoms with Gasteiger partial charge in [-0.2, -0.15) is 5.26 Å². The molecule has 0 aliphatic carbocycles. The minimum absolute atomic E-state index is 0.447. The zero-order chi connectivity index (χ0) is 7.44. The van der Waals surface area contributed by atoms with Crippen molar-refractivity contribution in [2.45, 2.75) is 6.92 Å². The van der Waals surface area contributed by atoms with Gasteiger partial charge in [0.2, 0.25) is 0 Å². The summed E-state index contributed by atoms with van der Waals surface area (Å²) in [5, 5.41) is 24.1. The van der Waals surface area contributed by atoms with E-state index in [9.17, 15) is 4.79 Å². The van der Waals surface area contributed by atoms with E-state index in [1.54, 1.807) is 0 Å². The molecule has 52 valence electrons. The lowest BCUT2D eigenvalue weighted by molar-refractivity contribution is -0.237. The largest absolute Gasteiger partial charge is 0.478 e. The highest BCUT2D eigenvalue weighted by Crippen LogP contribution is 1.99. The predicted octanol–water partition coefficient (Wildman–Crippen LogP) is 0.350. The molecule has 0 aliphatic rings. The number of aliphatic hydroxyl groups excluding tert-OH is 1. The molecule has 0 spiro atoms. The number of rotatable bonds is 2. The fraction of sp³-hybridized carbons (Fsp3) is 0.250. The van der Waals surface area contributed by atoms with Crippen LogP contribution in [-0.4, -0.2) is 21.4 Å². The Labute approximate surface area is 50.7 Å². The van der Waals surface area contributed by atoms with Crippen LogP contribution >= 0.6 is 0 Å². The van der Waals surface area contributed by atoms with Crippen molar-refractivity contribution in [2.75, 3.05) is 0 Å². The highest BCUT2D eigenvalue weighted by atomic mass is 17.1. The van der Waals surface area contributed by atoms with Crippen molar-refractivity contribution in [1.29, 1.82) is 0 Å². The van der Waals surface area contributed by atoms with Gasteiger partial charge in [-0.05, 0) is 6.92 Å². The van der Waals surface area contributed by atoms with Gasteiger partial charge in [-0.25, -0.2) is 4.79 Å². The third-order valence-electron chi connectivity index (χ3n) is 0.728. The number of hydrogen-bond donors (Lipinski definition) is 3. The molecular formula is C4H6O5. The van der Waals surface area contributed by atoms with Crippen LogP contribution < -0.4 is 0 Å². The summed E-state index contributed by atoms with van der Waals surface area (Å²) in [6, 6.07) is 0. The summed E-state index contributed by atoms with van der Waals surface area (Å²) in [6.45, 7) is 1.09. The van der Waals surface area contributed by atoms with Gasteiger partial charge in [0, 0.05) is 0 Å². The molecule has 0 unspecified atom stereocenters. The zero-order valence-electron chi connectivity index (χ0n) is 4.66. The van der Waals surface area contributed by atoms with E-state index in [0.29, 0.717) is 0 Å². The second-order valence-corrected chi connectivity index (χ2v) is 1.33. The molecular weight excluding hydrogens is 128 g/mol. The van der Waals surface area contributed by atoms with Crippen molar-refractivity contribution >= 4 is 5.97 Å². The second kappa shape index (κ2) is 2.93. The molecule has 0 saturated carbocycles. The molecule has 0 aliphatic heterocycles. The van der Waals surface area contributed by atoms with Crippen LogP contribution in [0.1, 0.15) is 6.92 Å². The number of carbonyl (C=O) groups is 1. The topological polar surface area (TPSA) is 87.0 Å². The molecule has 0 bridgehead atoms. The third kappa shape index (κ3) is 2.00. The number of aliphatic carboxylic acids is 1. The Morgan fingerprint density at radius 2 is 1.89 bits per heavy atom. The smallest absolute Gasteiger partial charge is 0.338 e. The normalized spacial score (nSPS) is 12.2. The molecule has 0 aromatic heterocycles. The van der Waals surface area contributed by atoms with Gasteiger partial charge in [0.25, 0.3) is 0 Å². The summed E-state index contributed by atoms with van der Waals surface area (Å²) in [5.41, 5.74) is -0.447. The Morgan fingerprint density at radius 3 is 2.00 bits per heavy atom. The first-order chi connectivity index (χ1) is 4.09. The van der Waals surface area contributed by atoms with Crippen molar-refractivity contribution in [3.63, 3.8) is 0 Å². The first-order valence-electron chi connectivity index (χ1n) is 2.04. The highest BCUT2D eigenvalue weighted by Gasteiger charge is 2.08. The van der Waals surface area contributed by atoms with Gasteiger partial charge in [0.15, 0.2) is 0 Å². The van der Waals surface area contributed by atoms with Crippen LogP contribution in [0.4, 0.5) is 0 Å². The van der Waals surface area contributed by atoms with Crippen LogP contribution in [0.3, 0.4) is 0 Å². The standard InChI is InChI=1S/C4H6O5/c1-2(3(5)6)4(7)9-8/h7-8H,1H3,(H,5,6). The Kier molecular flexibility index (Phi) is 2.53. The lowest BCUT2D eigenvalue weighted by atomic mass is 10.3. The summed E-state index contributed by atoms with van der Waals surface area (Å²) in [6.07, 6.45) is 0. The molecule has 5 nitrogen and oxygen atoms in total. The van der Waals surface area contributed by atoms with Gasteiger partial charge in [0.1, 0.15) is 5.57 Å². The predicted molar refractivity (Wildman–Crippen MR) is 26.7 cm³/mol. The van der Waals surface area contributed by atoms with Crippen LogP contribution in [0.2, 0.25) is 0 Å². The maximum atomic E-state index is 9.89. The molecule has 0 aromatic carbocycles. The lowest BCUT2D eigenvalue weighted by Crippen LogP contribution is -2.01. The Bertz CT molecular complexity index is 147. The first-order valence-corrected chi connectivity index (χ1v) is 2.04. The van der Waals surface area contributed by atoms with Crippen molar-refractivity contribution in [3.05, 3.63) is 11.5 Å². The van der Waals surface area contributed by atoms with Crippen molar-refractivity contribution in [3.8, 4) is 0 Å². The fourth-order valence-corrected chi connectivity index (χ4v) is 0.160. The van der Waals surface area contributed by atoms with Gasteiger partial charge in [-0.3, -0.25) is 0 Å². The van der Waals surface area contributed by atoms with E-state index in [2.05, 4.69) is 4.89 Å².